The number of para-hydroxylation sites is 2. The van der Waals surface area contributed by atoms with Gasteiger partial charge in [-0.25, -0.2) is 9.97 Å². The van der Waals surface area contributed by atoms with E-state index in [4.69, 9.17) is 28.2 Å². The van der Waals surface area contributed by atoms with Gasteiger partial charge in [0.2, 0.25) is 0 Å². The fourth-order valence-corrected chi connectivity index (χ4v) is 7.14. The summed E-state index contributed by atoms with van der Waals surface area (Å²) in [5.74, 6) is 1.08. The van der Waals surface area contributed by atoms with Crippen LogP contribution in [-0.4, -0.2) is 55.1 Å². The molecular weight excluding hydrogens is 569 g/mol. The Balaban J connectivity index is 1.41. The molecule has 0 unspecified atom stereocenters. The molecule has 0 aliphatic carbocycles. The summed E-state index contributed by atoms with van der Waals surface area (Å²) in [5.41, 5.74) is 6.02. The predicted octanol–water partition coefficient (Wildman–Crippen LogP) is 6.74. The number of nitrogens with zero attached hydrogens (tertiary/aromatic N) is 4. The maximum Gasteiger partial charge on any atom is 0.261 e. The number of aromatic amines is 2. The van der Waals surface area contributed by atoms with Gasteiger partial charge in [0.15, 0.2) is 0 Å². The molecular formula is C32H27Cl2N7O. The lowest BCUT2D eigenvalue weighted by Crippen LogP contribution is -2.53. The predicted molar refractivity (Wildman–Crippen MR) is 169 cm³/mol. The smallest absolute Gasteiger partial charge is 0.261 e. The molecule has 3 aromatic carbocycles. The van der Waals surface area contributed by atoms with Gasteiger partial charge in [0, 0.05) is 51.5 Å². The monoisotopic (exact) mass is 595 g/mol. The van der Waals surface area contributed by atoms with Crippen molar-refractivity contribution in [3.05, 3.63) is 93.7 Å². The average molecular weight is 597 g/mol. The summed E-state index contributed by atoms with van der Waals surface area (Å²) in [6.45, 7) is 3.20. The molecule has 210 valence electrons. The molecule has 3 saturated heterocycles. The lowest BCUT2D eigenvalue weighted by atomic mass is 9.83. The Labute approximate surface area is 251 Å². The summed E-state index contributed by atoms with van der Waals surface area (Å²) in [6, 6.07) is 17.7. The van der Waals surface area contributed by atoms with E-state index in [1.165, 1.54) is 0 Å². The minimum atomic E-state index is -0.209. The number of fused-ring (bicyclic) bond motifs is 5. The fourth-order valence-electron chi connectivity index (χ4n) is 6.63. The van der Waals surface area contributed by atoms with Crippen molar-refractivity contribution in [3.63, 3.8) is 0 Å². The van der Waals surface area contributed by atoms with E-state index in [2.05, 4.69) is 31.2 Å². The van der Waals surface area contributed by atoms with Crippen molar-refractivity contribution in [2.45, 2.75) is 18.9 Å². The van der Waals surface area contributed by atoms with E-state index in [1.54, 1.807) is 18.6 Å². The Hall–Kier alpha value is -4.11. The van der Waals surface area contributed by atoms with Gasteiger partial charge in [0.1, 0.15) is 11.4 Å². The SMILES string of the molecule is O=c1[nH]c2cc(-n3ccnc3)c(-c3ccc(Cl)cc3Cl)cc2c(N[C@H]2CN3CCC2CC3)c1-c1nc2ccccc2[nH]1. The molecule has 3 N–H and O–H groups in total. The summed E-state index contributed by atoms with van der Waals surface area (Å²) in [4.78, 5) is 32.1. The molecule has 0 saturated carbocycles. The first-order valence-corrected chi connectivity index (χ1v) is 14.9. The van der Waals surface area contributed by atoms with Crippen LogP contribution in [-0.2, 0) is 0 Å². The van der Waals surface area contributed by atoms with Crippen LogP contribution in [0.2, 0.25) is 10.0 Å². The van der Waals surface area contributed by atoms with Gasteiger partial charge in [-0.2, -0.15) is 0 Å². The lowest BCUT2D eigenvalue weighted by Gasteiger charge is -2.45. The summed E-state index contributed by atoms with van der Waals surface area (Å²) >= 11 is 13.1. The van der Waals surface area contributed by atoms with Gasteiger partial charge in [-0.1, -0.05) is 41.4 Å². The van der Waals surface area contributed by atoms with Crippen molar-refractivity contribution in [2.24, 2.45) is 5.92 Å². The van der Waals surface area contributed by atoms with Crippen LogP contribution in [0.1, 0.15) is 12.8 Å². The van der Waals surface area contributed by atoms with Crippen LogP contribution in [0.4, 0.5) is 5.69 Å². The summed E-state index contributed by atoms with van der Waals surface area (Å²) in [5, 5.41) is 5.85. The van der Waals surface area contributed by atoms with Crippen molar-refractivity contribution in [1.82, 2.24) is 29.4 Å². The second-order valence-corrected chi connectivity index (χ2v) is 12.0. The van der Waals surface area contributed by atoms with Crippen LogP contribution >= 0.6 is 23.2 Å². The third kappa shape index (κ3) is 4.29. The van der Waals surface area contributed by atoms with Gasteiger partial charge in [0.05, 0.1) is 34.3 Å². The zero-order valence-electron chi connectivity index (χ0n) is 22.6. The number of benzene rings is 3. The molecule has 8 nitrogen and oxygen atoms in total. The normalized spacial score (nSPS) is 20.0. The highest BCUT2D eigenvalue weighted by atomic mass is 35.5. The van der Waals surface area contributed by atoms with Crippen molar-refractivity contribution < 1.29 is 0 Å². The Kier molecular flexibility index (Phi) is 6.10. The molecule has 3 aliphatic heterocycles. The number of hydrogen-bond donors (Lipinski definition) is 3. The Morgan fingerprint density at radius 3 is 2.55 bits per heavy atom. The van der Waals surface area contributed by atoms with Crippen molar-refractivity contribution >= 4 is 50.8 Å². The number of rotatable bonds is 5. The highest BCUT2D eigenvalue weighted by Crippen LogP contribution is 2.41. The molecule has 10 heteroatoms. The van der Waals surface area contributed by atoms with Crippen LogP contribution in [0.5, 0.6) is 0 Å². The van der Waals surface area contributed by atoms with Crippen LogP contribution in [0.15, 0.2) is 78.1 Å². The van der Waals surface area contributed by atoms with E-state index in [0.717, 1.165) is 71.4 Å². The van der Waals surface area contributed by atoms with E-state index in [-0.39, 0.29) is 11.6 Å². The third-order valence-electron chi connectivity index (χ3n) is 8.75. The largest absolute Gasteiger partial charge is 0.379 e. The van der Waals surface area contributed by atoms with Crippen LogP contribution in [0, 0.1) is 5.92 Å². The van der Waals surface area contributed by atoms with Gasteiger partial charge in [-0.3, -0.25) is 4.79 Å². The first kappa shape index (κ1) is 25.6. The molecule has 42 heavy (non-hydrogen) atoms. The zero-order chi connectivity index (χ0) is 28.4. The van der Waals surface area contributed by atoms with E-state index in [9.17, 15) is 4.79 Å². The minimum Gasteiger partial charge on any atom is -0.379 e. The number of nitrogens with one attached hydrogen (secondary N) is 3. The number of imidazole rings is 2. The molecule has 6 heterocycles. The van der Waals surface area contributed by atoms with Gasteiger partial charge < -0.3 is 24.8 Å². The quantitative estimate of drug-likeness (QED) is 0.205. The number of piperidine rings is 3. The molecule has 3 aliphatic rings. The molecule has 3 aromatic heterocycles. The highest BCUT2D eigenvalue weighted by Gasteiger charge is 2.35. The van der Waals surface area contributed by atoms with Crippen molar-refractivity contribution in [3.8, 4) is 28.2 Å². The van der Waals surface area contributed by atoms with E-state index in [0.29, 0.717) is 32.9 Å². The number of halogens is 2. The van der Waals surface area contributed by atoms with Gasteiger partial charge >= 0.3 is 0 Å². The van der Waals surface area contributed by atoms with Gasteiger partial charge in [0.25, 0.3) is 5.56 Å². The average Bonchev–Trinajstić information content (AvgIpc) is 3.68. The third-order valence-corrected chi connectivity index (χ3v) is 9.29. The van der Waals surface area contributed by atoms with E-state index < -0.39 is 0 Å². The number of H-pyrrole nitrogens is 2. The topological polar surface area (TPSA) is 94.6 Å². The zero-order valence-corrected chi connectivity index (χ0v) is 24.1. The highest BCUT2D eigenvalue weighted by molar-refractivity contribution is 6.36. The molecule has 2 bridgehead atoms. The van der Waals surface area contributed by atoms with Crippen LogP contribution in [0.25, 0.3) is 50.1 Å². The number of hydrogen-bond acceptors (Lipinski definition) is 5. The molecule has 9 rings (SSSR count). The first-order valence-electron chi connectivity index (χ1n) is 14.1. The maximum atomic E-state index is 14.0. The summed E-state index contributed by atoms with van der Waals surface area (Å²) in [7, 11) is 0. The summed E-state index contributed by atoms with van der Waals surface area (Å²) in [6.07, 6.45) is 7.64. The molecule has 3 fully saturated rings. The second kappa shape index (κ2) is 10.0. The molecule has 0 radical (unpaired) electrons. The van der Waals surface area contributed by atoms with Gasteiger partial charge in [-0.05, 0) is 68.2 Å². The van der Waals surface area contributed by atoms with Crippen LogP contribution < -0.4 is 10.9 Å². The first-order chi connectivity index (χ1) is 20.5. The molecule has 0 spiro atoms. The van der Waals surface area contributed by atoms with E-state index >= 15 is 0 Å². The summed E-state index contributed by atoms with van der Waals surface area (Å²) < 4.78 is 1.92. The Bertz CT molecular complexity index is 1990. The molecule has 1 atom stereocenters. The number of anilines is 1. The Morgan fingerprint density at radius 2 is 1.81 bits per heavy atom. The minimum absolute atomic E-state index is 0.209. The van der Waals surface area contributed by atoms with Crippen molar-refractivity contribution in [1.29, 1.82) is 0 Å². The fraction of sp³-hybridized carbons (Fsp3) is 0.219. The van der Waals surface area contributed by atoms with Crippen LogP contribution in [0.3, 0.4) is 0 Å². The molecule has 0 amide bonds. The Morgan fingerprint density at radius 1 is 0.952 bits per heavy atom. The second-order valence-electron chi connectivity index (χ2n) is 11.2. The van der Waals surface area contributed by atoms with Gasteiger partial charge in [-0.15, -0.1) is 0 Å². The number of pyridine rings is 1. The van der Waals surface area contributed by atoms with Crippen molar-refractivity contribution in [2.75, 3.05) is 25.0 Å². The maximum absolute atomic E-state index is 14.0. The standard InChI is InChI=1S/C32H27Cl2N7O/c33-19-5-6-20(23(34)13-19)21-14-22-26(15-28(21)41-12-9-35-17-41)39-32(42)29(31-37-24-3-1-2-4-25(24)38-31)30(22)36-27-16-40-10-7-18(27)8-11-40/h1-6,9,12-15,17-18,27H,7-8,10-11,16H2,(H,37,38)(H2,36,39,42)/t27-/m0/s1. The lowest BCUT2D eigenvalue weighted by molar-refractivity contribution is 0.0976. The number of aromatic nitrogens is 5. The molecule has 6 aromatic rings. The van der Waals surface area contributed by atoms with E-state index in [1.807, 2.05) is 53.2 Å².